The molecule has 3 heteroatoms. The molecule has 0 aliphatic heterocycles. The fourth-order valence-corrected chi connectivity index (χ4v) is 1.70. The maximum Gasteiger partial charge on any atom is 0.314 e. The summed E-state index contributed by atoms with van der Waals surface area (Å²) in [6.07, 6.45) is 7.13. The summed E-state index contributed by atoms with van der Waals surface area (Å²) in [6.45, 7) is 10.3. The minimum absolute atomic E-state index is 0.0259. The van der Waals surface area contributed by atoms with Crippen molar-refractivity contribution in [2.24, 2.45) is 5.41 Å². The van der Waals surface area contributed by atoms with Crippen molar-refractivity contribution in [3.8, 4) is 0 Å². The molecule has 102 valence electrons. The molecule has 0 fully saturated rings. The van der Waals surface area contributed by atoms with Gasteiger partial charge in [-0.25, -0.2) is 4.79 Å². The molecule has 0 aliphatic carbocycles. The van der Waals surface area contributed by atoms with E-state index >= 15 is 0 Å². The van der Waals surface area contributed by atoms with Gasteiger partial charge in [-0.15, -0.1) is 0 Å². The zero-order valence-corrected chi connectivity index (χ0v) is 12.1. The molecule has 0 aromatic carbocycles. The lowest BCUT2D eigenvalue weighted by Gasteiger charge is -2.25. The quantitative estimate of drug-likeness (QED) is 0.595. The summed E-state index contributed by atoms with van der Waals surface area (Å²) >= 11 is 0. The van der Waals surface area contributed by atoms with E-state index in [1.807, 2.05) is 0 Å². The average Bonchev–Trinajstić information content (AvgIpc) is 2.27. The Morgan fingerprint density at radius 1 is 1.00 bits per heavy atom. The summed E-state index contributed by atoms with van der Waals surface area (Å²) in [4.78, 5) is 11.5. The zero-order valence-electron chi connectivity index (χ0n) is 12.1. The second kappa shape index (κ2) is 9.32. The zero-order chi connectivity index (χ0) is 13.1. The Bertz CT molecular complexity index is 202. The second-order valence-corrected chi connectivity index (χ2v) is 5.58. The van der Waals surface area contributed by atoms with E-state index in [0.717, 1.165) is 25.9 Å². The van der Waals surface area contributed by atoms with Gasteiger partial charge in [0.25, 0.3) is 0 Å². The van der Waals surface area contributed by atoms with Crippen LogP contribution in [-0.4, -0.2) is 19.1 Å². The van der Waals surface area contributed by atoms with E-state index in [-0.39, 0.29) is 11.4 Å². The first-order chi connectivity index (χ1) is 8.02. The molecule has 0 aromatic rings. The van der Waals surface area contributed by atoms with Crippen LogP contribution in [0.3, 0.4) is 0 Å². The number of rotatable bonds is 9. The first-order valence-corrected chi connectivity index (χ1v) is 7.03. The molecule has 0 radical (unpaired) electrons. The largest absolute Gasteiger partial charge is 0.338 e. The molecule has 0 aromatic heterocycles. The molecule has 0 aliphatic rings. The Labute approximate surface area is 107 Å². The van der Waals surface area contributed by atoms with Crippen LogP contribution in [-0.2, 0) is 0 Å². The van der Waals surface area contributed by atoms with Gasteiger partial charge < -0.3 is 10.6 Å². The molecule has 0 heterocycles. The van der Waals surface area contributed by atoms with Gasteiger partial charge in [-0.3, -0.25) is 0 Å². The third-order valence-electron chi connectivity index (χ3n) is 3.00. The SMILES string of the molecule is CCCCCC(C)(C)CNC(=O)NCCCC. The van der Waals surface area contributed by atoms with Crippen LogP contribution in [0, 0.1) is 5.41 Å². The van der Waals surface area contributed by atoms with Gasteiger partial charge in [0.15, 0.2) is 0 Å². The summed E-state index contributed by atoms with van der Waals surface area (Å²) < 4.78 is 0. The number of carbonyl (C=O) groups is 1. The molecule has 0 bridgehead atoms. The topological polar surface area (TPSA) is 41.1 Å². The van der Waals surface area contributed by atoms with E-state index in [0.29, 0.717) is 0 Å². The van der Waals surface area contributed by atoms with Crippen LogP contribution in [0.5, 0.6) is 0 Å². The molecule has 0 unspecified atom stereocenters. The number of urea groups is 1. The molecule has 0 atom stereocenters. The van der Waals surface area contributed by atoms with Crippen LogP contribution in [0.15, 0.2) is 0 Å². The van der Waals surface area contributed by atoms with Crippen molar-refractivity contribution < 1.29 is 4.79 Å². The lowest BCUT2D eigenvalue weighted by atomic mass is 9.87. The minimum Gasteiger partial charge on any atom is -0.338 e. The Morgan fingerprint density at radius 3 is 2.24 bits per heavy atom. The Morgan fingerprint density at radius 2 is 1.65 bits per heavy atom. The smallest absolute Gasteiger partial charge is 0.314 e. The first-order valence-electron chi connectivity index (χ1n) is 7.03. The summed E-state index contributed by atoms with van der Waals surface area (Å²) in [5, 5.41) is 5.83. The molecule has 2 amide bonds. The maximum absolute atomic E-state index is 11.5. The summed E-state index contributed by atoms with van der Waals surface area (Å²) in [5.41, 5.74) is 0.206. The highest BCUT2D eigenvalue weighted by Gasteiger charge is 2.17. The van der Waals surface area contributed by atoms with E-state index in [4.69, 9.17) is 0 Å². The Kier molecular flexibility index (Phi) is 8.92. The van der Waals surface area contributed by atoms with Gasteiger partial charge >= 0.3 is 6.03 Å². The molecule has 0 saturated heterocycles. The summed E-state index contributed by atoms with van der Waals surface area (Å²) in [5.74, 6) is 0. The predicted molar refractivity (Wildman–Crippen MR) is 74.2 cm³/mol. The number of carbonyl (C=O) groups excluding carboxylic acids is 1. The third-order valence-corrected chi connectivity index (χ3v) is 3.00. The van der Waals surface area contributed by atoms with Crippen molar-refractivity contribution in [2.75, 3.05) is 13.1 Å². The van der Waals surface area contributed by atoms with Crippen LogP contribution in [0.2, 0.25) is 0 Å². The van der Waals surface area contributed by atoms with Gasteiger partial charge in [-0.2, -0.15) is 0 Å². The van der Waals surface area contributed by atoms with Gasteiger partial charge in [-0.1, -0.05) is 53.4 Å². The second-order valence-electron chi connectivity index (χ2n) is 5.58. The van der Waals surface area contributed by atoms with Gasteiger partial charge in [0.2, 0.25) is 0 Å². The lowest BCUT2D eigenvalue weighted by molar-refractivity contribution is 0.230. The highest BCUT2D eigenvalue weighted by atomic mass is 16.2. The molecule has 0 saturated carbocycles. The lowest BCUT2D eigenvalue weighted by Crippen LogP contribution is -2.41. The standard InChI is InChI=1S/C14H30N2O/c1-5-7-9-10-14(3,4)12-16-13(17)15-11-8-6-2/h5-12H2,1-4H3,(H2,15,16,17). The van der Waals surface area contributed by atoms with Crippen LogP contribution >= 0.6 is 0 Å². The molecule has 17 heavy (non-hydrogen) atoms. The monoisotopic (exact) mass is 242 g/mol. The normalized spacial score (nSPS) is 11.3. The van der Waals surface area contributed by atoms with E-state index in [1.54, 1.807) is 0 Å². The van der Waals surface area contributed by atoms with Crippen molar-refractivity contribution >= 4 is 6.03 Å². The van der Waals surface area contributed by atoms with Crippen molar-refractivity contribution in [1.82, 2.24) is 10.6 Å². The first kappa shape index (κ1) is 16.3. The number of unbranched alkanes of at least 4 members (excludes halogenated alkanes) is 3. The van der Waals surface area contributed by atoms with Crippen molar-refractivity contribution in [2.45, 2.75) is 66.2 Å². The van der Waals surface area contributed by atoms with Gasteiger partial charge in [0.1, 0.15) is 0 Å². The summed E-state index contributed by atoms with van der Waals surface area (Å²) in [6, 6.07) is -0.0259. The van der Waals surface area contributed by atoms with Crippen LogP contribution in [0.1, 0.15) is 66.2 Å². The molecule has 3 nitrogen and oxygen atoms in total. The molecular weight excluding hydrogens is 212 g/mol. The molecular formula is C14H30N2O. The van der Waals surface area contributed by atoms with Gasteiger partial charge in [0, 0.05) is 13.1 Å². The van der Waals surface area contributed by atoms with Crippen LogP contribution in [0.25, 0.3) is 0 Å². The third kappa shape index (κ3) is 10.2. The van der Waals surface area contributed by atoms with Crippen molar-refractivity contribution in [3.63, 3.8) is 0 Å². The average molecular weight is 242 g/mol. The maximum atomic E-state index is 11.5. The Balaban J connectivity index is 3.65. The van der Waals surface area contributed by atoms with Crippen LogP contribution < -0.4 is 10.6 Å². The highest BCUT2D eigenvalue weighted by Crippen LogP contribution is 2.22. The Hall–Kier alpha value is -0.730. The van der Waals surface area contributed by atoms with Crippen LogP contribution in [0.4, 0.5) is 4.79 Å². The number of hydrogen-bond donors (Lipinski definition) is 2. The fourth-order valence-electron chi connectivity index (χ4n) is 1.70. The molecule has 0 spiro atoms. The number of hydrogen-bond acceptors (Lipinski definition) is 1. The summed E-state index contributed by atoms with van der Waals surface area (Å²) in [7, 11) is 0. The van der Waals surface area contributed by atoms with Gasteiger partial charge in [-0.05, 0) is 18.3 Å². The van der Waals surface area contributed by atoms with Crippen molar-refractivity contribution in [3.05, 3.63) is 0 Å². The van der Waals surface area contributed by atoms with Crippen molar-refractivity contribution in [1.29, 1.82) is 0 Å². The predicted octanol–water partition coefficient (Wildman–Crippen LogP) is 3.69. The number of amides is 2. The minimum atomic E-state index is -0.0259. The molecule has 2 N–H and O–H groups in total. The molecule has 0 rings (SSSR count). The van der Waals surface area contributed by atoms with E-state index in [1.165, 1.54) is 25.7 Å². The highest BCUT2D eigenvalue weighted by molar-refractivity contribution is 5.73. The fraction of sp³-hybridized carbons (Fsp3) is 0.929. The van der Waals surface area contributed by atoms with E-state index < -0.39 is 0 Å². The number of nitrogens with one attached hydrogen (secondary N) is 2. The van der Waals surface area contributed by atoms with Gasteiger partial charge in [0.05, 0.1) is 0 Å². The van der Waals surface area contributed by atoms with E-state index in [2.05, 4.69) is 38.3 Å². The van der Waals surface area contributed by atoms with E-state index in [9.17, 15) is 4.79 Å².